The number of likely N-dealkylation sites (N-methyl/N-ethyl adjacent to an activating group) is 1. The van der Waals surface area contributed by atoms with Crippen molar-refractivity contribution in [3.63, 3.8) is 0 Å². The molecule has 2 aliphatic rings. The Labute approximate surface area is 132 Å². The monoisotopic (exact) mass is 303 g/mol. The molecule has 0 bridgehead atoms. The summed E-state index contributed by atoms with van der Waals surface area (Å²) in [6.45, 7) is 5.51. The van der Waals surface area contributed by atoms with E-state index in [2.05, 4.69) is 16.9 Å². The molecule has 1 aromatic rings. The molecule has 120 valence electrons. The van der Waals surface area contributed by atoms with Gasteiger partial charge in [0.15, 0.2) is 0 Å². The molecule has 3 rings (SSSR count). The van der Waals surface area contributed by atoms with Crippen molar-refractivity contribution in [2.45, 2.75) is 25.3 Å². The number of nitrogens with zero attached hydrogens (tertiary/aromatic N) is 3. The van der Waals surface area contributed by atoms with Gasteiger partial charge in [-0.25, -0.2) is 0 Å². The molecule has 1 aromatic heterocycles. The molecule has 0 aliphatic carbocycles. The van der Waals surface area contributed by atoms with Gasteiger partial charge in [-0.1, -0.05) is 0 Å². The zero-order valence-corrected chi connectivity index (χ0v) is 13.7. The normalized spacial score (nSPS) is 24.3. The molecule has 2 saturated heterocycles. The summed E-state index contributed by atoms with van der Waals surface area (Å²) in [6.07, 6.45) is 5.74. The highest BCUT2D eigenvalue weighted by Gasteiger charge is 2.50. The fourth-order valence-electron chi connectivity index (χ4n) is 3.82. The number of pyridine rings is 1. The second-order valence-corrected chi connectivity index (χ2v) is 6.87. The summed E-state index contributed by atoms with van der Waals surface area (Å²) in [6, 6.07) is 1.92. The van der Waals surface area contributed by atoms with Gasteiger partial charge in [-0.3, -0.25) is 14.7 Å². The van der Waals surface area contributed by atoms with Gasteiger partial charge >= 0.3 is 0 Å². The molecule has 2 aliphatic heterocycles. The van der Waals surface area contributed by atoms with Crippen molar-refractivity contribution in [1.29, 1.82) is 0 Å². The van der Waals surface area contributed by atoms with Crippen LogP contribution in [0.25, 0.3) is 0 Å². The van der Waals surface area contributed by atoms with E-state index < -0.39 is 0 Å². The number of methoxy groups -OCH3 is 1. The standard InChI is InChI=1S/C17H25N3O2/c1-13-6-15(9-18-8-13)16(21)20-11-17(12-20)7-14(10-22-3)4-5-19(17)2/h6,8-9,14H,4-5,7,10-12H2,1-3H3/t14-/m1/s1. The molecule has 0 unspecified atom stereocenters. The average Bonchev–Trinajstić information content (AvgIpc) is 2.46. The maximum absolute atomic E-state index is 12.6. The third kappa shape index (κ3) is 2.75. The summed E-state index contributed by atoms with van der Waals surface area (Å²) >= 11 is 0. The molecule has 1 amide bonds. The van der Waals surface area contributed by atoms with E-state index in [1.54, 1.807) is 19.5 Å². The lowest BCUT2D eigenvalue weighted by Gasteiger charge is -2.58. The third-order valence-corrected chi connectivity index (χ3v) is 5.13. The lowest BCUT2D eigenvalue weighted by Crippen LogP contribution is -2.72. The summed E-state index contributed by atoms with van der Waals surface area (Å²) in [5, 5.41) is 0. The van der Waals surface area contributed by atoms with Gasteiger partial charge in [0.2, 0.25) is 0 Å². The Bertz CT molecular complexity index is 555. The number of ether oxygens (including phenoxy) is 1. The number of amides is 1. The van der Waals surface area contributed by atoms with Crippen LogP contribution in [0, 0.1) is 12.8 Å². The maximum Gasteiger partial charge on any atom is 0.255 e. The Kier molecular flexibility index (Phi) is 4.19. The molecule has 1 spiro atoms. The lowest BCUT2D eigenvalue weighted by molar-refractivity contribution is -0.0731. The Morgan fingerprint density at radius 3 is 2.91 bits per heavy atom. The van der Waals surface area contributed by atoms with Crippen molar-refractivity contribution in [3.05, 3.63) is 29.6 Å². The number of likely N-dealkylation sites (tertiary alicyclic amines) is 2. The molecule has 5 nitrogen and oxygen atoms in total. The number of carbonyl (C=O) groups excluding carboxylic acids is 1. The third-order valence-electron chi connectivity index (χ3n) is 5.13. The van der Waals surface area contributed by atoms with Gasteiger partial charge < -0.3 is 9.64 Å². The summed E-state index contributed by atoms with van der Waals surface area (Å²) in [7, 11) is 3.95. The van der Waals surface area contributed by atoms with Crippen LogP contribution >= 0.6 is 0 Å². The minimum Gasteiger partial charge on any atom is -0.384 e. The Morgan fingerprint density at radius 1 is 1.45 bits per heavy atom. The van der Waals surface area contributed by atoms with Gasteiger partial charge in [-0.15, -0.1) is 0 Å². The molecular formula is C17H25N3O2. The quantitative estimate of drug-likeness (QED) is 0.850. The fraction of sp³-hybridized carbons (Fsp3) is 0.647. The molecule has 0 radical (unpaired) electrons. The molecular weight excluding hydrogens is 278 g/mol. The molecule has 22 heavy (non-hydrogen) atoms. The van der Waals surface area contributed by atoms with Crippen LogP contribution in [-0.4, -0.2) is 66.6 Å². The highest BCUT2D eigenvalue weighted by molar-refractivity contribution is 5.94. The first-order valence-electron chi connectivity index (χ1n) is 7.95. The van der Waals surface area contributed by atoms with E-state index >= 15 is 0 Å². The fourth-order valence-corrected chi connectivity index (χ4v) is 3.82. The van der Waals surface area contributed by atoms with E-state index in [1.165, 1.54) is 6.42 Å². The van der Waals surface area contributed by atoms with Crippen molar-refractivity contribution < 1.29 is 9.53 Å². The van der Waals surface area contributed by atoms with E-state index in [0.717, 1.165) is 38.2 Å². The number of hydrogen-bond acceptors (Lipinski definition) is 4. The smallest absolute Gasteiger partial charge is 0.255 e. The maximum atomic E-state index is 12.6. The minimum absolute atomic E-state index is 0.101. The molecule has 5 heteroatoms. The zero-order valence-electron chi connectivity index (χ0n) is 13.7. The number of piperidine rings is 1. The summed E-state index contributed by atoms with van der Waals surface area (Å²) in [5.41, 5.74) is 1.87. The van der Waals surface area contributed by atoms with Crippen LogP contribution in [0.2, 0.25) is 0 Å². The van der Waals surface area contributed by atoms with Crippen LogP contribution in [0.1, 0.15) is 28.8 Å². The van der Waals surface area contributed by atoms with Crippen LogP contribution in [0.15, 0.2) is 18.5 Å². The van der Waals surface area contributed by atoms with Gasteiger partial charge in [-0.2, -0.15) is 0 Å². The topological polar surface area (TPSA) is 45.7 Å². The van der Waals surface area contributed by atoms with E-state index in [1.807, 2.05) is 17.9 Å². The average molecular weight is 303 g/mol. The van der Waals surface area contributed by atoms with Gasteiger partial charge in [0.25, 0.3) is 5.91 Å². The first-order valence-corrected chi connectivity index (χ1v) is 7.95. The van der Waals surface area contributed by atoms with Crippen molar-refractivity contribution in [2.75, 3.05) is 40.4 Å². The van der Waals surface area contributed by atoms with Crippen molar-refractivity contribution >= 4 is 5.91 Å². The molecule has 2 fully saturated rings. The summed E-state index contributed by atoms with van der Waals surface area (Å²) < 4.78 is 5.33. The van der Waals surface area contributed by atoms with Crippen LogP contribution in [0.4, 0.5) is 0 Å². The number of hydrogen-bond donors (Lipinski definition) is 0. The number of carbonyl (C=O) groups is 1. The second-order valence-electron chi connectivity index (χ2n) is 6.87. The first-order chi connectivity index (χ1) is 10.5. The van der Waals surface area contributed by atoms with Gasteiger partial charge in [0, 0.05) is 39.2 Å². The number of aromatic nitrogens is 1. The van der Waals surface area contributed by atoms with E-state index in [0.29, 0.717) is 11.5 Å². The Morgan fingerprint density at radius 2 is 2.23 bits per heavy atom. The molecule has 1 atom stereocenters. The number of rotatable bonds is 3. The molecule has 0 N–H and O–H groups in total. The van der Waals surface area contributed by atoms with E-state index in [-0.39, 0.29) is 11.4 Å². The SMILES string of the molecule is COC[C@@H]1CCN(C)C2(C1)CN(C(=O)c1cncc(C)c1)C2. The Balaban J connectivity index is 1.65. The van der Waals surface area contributed by atoms with Crippen molar-refractivity contribution in [1.82, 2.24) is 14.8 Å². The lowest BCUT2D eigenvalue weighted by atomic mass is 9.75. The van der Waals surface area contributed by atoms with Crippen LogP contribution in [0.5, 0.6) is 0 Å². The van der Waals surface area contributed by atoms with Crippen LogP contribution in [-0.2, 0) is 4.74 Å². The predicted octanol–water partition coefficient (Wildman–Crippen LogP) is 1.57. The van der Waals surface area contributed by atoms with E-state index in [9.17, 15) is 4.79 Å². The Hall–Kier alpha value is -1.46. The van der Waals surface area contributed by atoms with Gasteiger partial charge in [0.05, 0.1) is 11.1 Å². The summed E-state index contributed by atoms with van der Waals surface area (Å²) in [4.78, 5) is 21.1. The first kappa shape index (κ1) is 15.4. The number of aryl methyl sites for hydroxylation is 1. The second kappa shape index (κ2) is 5.97. The van der Waals surface area contributed by atoms with Crippen LogP contribution in [0.3, 0.4) is 0 Å². The van der Waals surface area contributed by atoms with Crippen molar-refractivity contribution in [2.24, 2.45) is 5.92 Å². The zero-order chi connectivity index (χ0) is 15.7. The predicted molar refractivity (Wildman–Crippen MR) is 84.8 cm³/mol. The largest absolute Gasteiger partial charge is 0.384 e. The van der Waals surface area contributed by atoms with Gasteiger partial charge in [0.1, 0.15) is 0 Å². The minimum atomic E-state index is 0.101. The van der Waals surface area contributed by atoms with Gasteiger partial charge in [-0.05, 0) is 50.9 Å². The van der Waals surface area contributed by atoms with Crippen molar-refractivity contribution in [3.8, 4) is 0 Å². The highest BCUT2D eigenvalue weighted by Crippen LogP contribution is 2.38. The van der Waals surface area contributed by atoms with E-state index in [4.69, 9.17) is 4.74 Å². The molecule has 0 saturated carbocycles. The molecule has 3 heterocycles. The highest BCUT2D eigenvalue weighted by atomic mass is 16.5. The molecule has 0 aromatic carbocycles. The summed E-state index contributed by atoms with van der Waals surface area (Å²) in [5.74, 6) is 0.711. The van der Waals surface area contributed by atoms with Crippen LogP contribution < -0.4 is 0 Å².